The second-order valence-corrected chi connectivity index (χ2v) is 5.44. The average Bonchev–Trinajstić information content (AvgIpc) is 2.95. The van der Waals surface area contributed by atoms with E-state index in [-0.39, 0.29) is 0 Å². The van der Waals surface area contributed by atoms with Gasteiger partial charge in [-0.3, -0.25) is 0 Å². The predicted octanol–water partition coefficient (Wildman–Crippen LogP) is 3.71. The van der Waals surface area contributed by atoms with E-state index in [0.717, 1.165) is 6.54 Å². The van der Waals surface area contributed by atoms with Crippen LogP contribution >= 0.6 is 11.3 Å². The van der Waals surface area contributed by atoms with Crippen LogP contribution in [0.4, 0.5) is 0 Å². The lowest BCUT2D eigenvalue weighted by molar-refractivity contribution is 0.542. The third-order valence-corrected chi connectivity index (χ3v) is 4.17. The summed E-state index contributed by atoms with van der Waals surface area (Å²) in [5.74, 6) is 0. The molecule has 1 heterocycles. The molecule has 0 saturated heterocycles. The summed E-state index contributed by atoms with van der Waals surface area (Å²) in [6.45, 7) is 1.01. The Morgan fingerprint density at radius 2 is 2.00 bits per heavy atom. The van der Waals surface area contributed by atoms with Crippen molar-refractivity contribution >= 4 is 21.4 Å². The van der Waals surface area contributed by atoms with E-state index in [2.05, 4.69) is 47.8 Å². The van der Waals surface area contributed by atoms with Gasteiger partial charge < -0.3 is 5.32 Å². The van der Waals surface area contributed by atoms with Crippen LogP contribution in [0.25, 0.3) is 10.1 Å². The van der Waals surface area contributed by atoms with E-state index in [0.29, 0.717) is 6.04 Å². The zero-order chi connectivity index (χ0) is 10.8. The van der Waals surface area contributed by atoms with E-state index in [9.17, 15) is 0 Å². The molecule has 1 aliphatic rings. The minimum Gasteiger partial charge on any atom is -0.308 e. The second-order valence-electron chi connectivity index (χ2n) is 4.27. The van der Waals surface area contributed by atoms with E-state index in [4.69, 9.17) is 0 Å². The van der Waals surface area contributed by atoms with Crippen molar-refractivity contribution in [2.75, 3.05) is 0 Å². The van der Waals surface area contributed by atoms with Gasteiger partial charge in [-0.15, -0.1) is 11.3 Å². The van der Waals surface area contributed by atoms with Gasteiger partial charge in [0.05, 0.1) is 0 Å². The number of fused-ring (bicyclic) bond motifs is 1. The van der Waals surface area contributed by atoms with Gasteiger partial charge in [0, 0.05) is 22.2 Å². The molecule has 0 saturated carbocycles. The van der Waals surface area contributed by atoms with Gasteiger partial charge in [-0.2, -0.15) is 0 Å². The van der Waals surface area contributed by atoms with Crippen molar-refractivity contribution in [3.8, 4) is 0 Å². The lowest BCUT2D eigenvalue weighted by Gasteiger charge is -2.09. The summed E-state index contributed by atoms with van der Waals surface area (Å²) in [4.78, 5) is 1.44. The average molecular weight is 229 g/mol. The molecule has 1 nitrogen and oxygen atoms in total. The standard InChI is InChI=1S/C14H15NS/c1-4-8-14-11(5-1)9-13(16-14)10-15-12-6-2-3-7-12/h1-5,8-9,12,15H,6-7,10H2. The van der Waals surface area contributed by atoms with Crippen LogP contribution in [-0.2, 0) is 6.54 Å². The molecule has 1 aromatic carbocycles. The van der Waals surface area contributed by atoms with Crippen LogP contribution in [0.2, 0.25) is 0 Å². The summed E-state index contributed by atoms with van der Waals surface area (Å²) in [6, 6.07) is 11.6. The third kappa shape index (κ3) is 2.04. The van der Waals surface area contributed by atoms with Crippen molar-refractivity contribution in [3.05, 3.63) is 47.4 Å². The van der Waals surface area contributed by atoms with Gasteiger partial charge >= 0.3 is 0 Å². The molecule has 0 radical (unpaired) electrons. The molecule has 3 rings (SSSR count). The van der Waals surface area contributed by atoms with Crippen molar-refractivity contribution in [1.82, 2.24) is 5.32 Å². The second kappa shape index (κ2) is 4.40. The molecule has 0 bridgehead atoms. The fraction of sp³-hybridized carbons (Fsp3) is 0.286. The predicted molar refractivity (Wildman–Crippen MR) is 70.8 cm³/mol. The van der Waals surface area contributed by atoms with Gasteiger partial charge in [0.25, 0.3) is 0 Å². The number of hydrogen-bond donors (Lipinski definition) is 1. The quantitative estimate of drug-likeness (QED) is 0.791. The van der Waals surface area contributed by atoms with Crippen molar-refractivity contribution in [2.24, 2.45) is 0 Å². The molecule has 2 heteroatoms. The lowest BCUT2D eigenvalue weighted by Crippen LogP contribution is -2.25. The van der Waals surface area contributed by atoms with Crippen LogP contribution in [0.15, 0.2) is 42.5 Å². The highest BCUT2D eigenvalue weighted by molar-refractivity contribution is 7.19. The van der Waals surface area contributed by atoms with Crippen LogP contribution < -0.4 is 5.32 Å². The maximum atomic E-state index is 3.61. The normalized spacial score (nSPS) is 16.2. The van der Waals surface area contributed by atoms with Crippen LogP contribution in [0.3, 0.4) is 0 Å². The summed E-state index contributed by atoms with van der Waals surface area (Å²) in [7, 11) is 0. The van der Waals surface area contributed by atoms with Crippen molar-refractivity contribution in [2.45, 2.75) is 25.4 Å². The smallest absolute Gasteiger partial charge is 0.0346 e. The van der Waals surface area contributed by atoms with E-state index in [1.165, 1.54) is 27.8 Å². The van der Waals surface area contributed by atoms with Crippen molar-refractivity contribution in [1.29, 1.82) is 0 Å². The minimum absolute atomic E-state index is 0.658. The zero-order valence-corrected chi connectivity index (χ0v) is 9.96. The highest BCUT2D eigenvalue weighted by Crippen LogP contribution is 2.25. The number of benzene rings is 1. The first-order valence-corrected chi connectivity index (χ1v) is 6.59. The van der Waals surface area contributed by atoms with Gasteiger partial charge in [-0.25, -0.2) is 0 Å². The van der Waals surface area contributed by atoms with E-state index >= 15 is 0 Å². The molecule has 1 N–H and O–H groups in total. The van der Waals surface area contributed by atoms with E-state index in [1.54, 1.807) is 0 Å². The number of nitrogens with one attached hydrogen (secondary N) is 1. The van der Waals surface area contributed by atoms with E-state index < -0.39 is 0 Å². The summed E-state index contributed by atoms with van der Waals surface area (Å²) < 4.78 is 1.39. The Bertz CT molecular complexity index is 471. The van der Waals surface area contributed by atoms with E-state index in [1.807, 2.05) is 11.3 Å². The monoisotopic (exact) mass is 229 g/mol. The summed E-state index contributed by atoms with van der Waals surface area (Å²) >= 11 is 1.90. The maximum absolute atomic E-state index is 3.61. The van der Waals surface area contributed by atoms with Gasteiger partial charge in [-0.05, 0) is 30.4 Å². The molecule has 1 aromatic heterocycles. The van der Waals surface area contributed by atoms with Crippen LogP contribution in [0.5, 0.6) is 0 Å². The number of thiophene rings is 1. The minimum atomic E-state index is 0.658. The Labute approximate surface area is 99.8 Å². The Morgan fingerprint density at radius 3 is 2.81 bits per heavy atom. The Balaban J connectivity index is 1.69. The molecule has 2 aromatic rings. The molecule has 82 valence electrons. The fourth-order valence-electron chi connectivity index (χ4n) is 2.15. The maximum Gasteiger partial charge on any atom is 0.0346 e. The molecule has 1 aliphatic carbocycles. The van der Waals surface area contributed by atoms with Crippen LogP contribution in [0, 0.1) is 0 Å². The summed E-state index contributed by atoms with van der Waals surface area (Å²) in [6.07, 6.45) is 6.90. The zero-order valence-electron chi connectivity index (χ0n) is 9.15. The lowest BCUT2D eigenvalue weighted by atomic mass is 10.2. The number of rotatable bonds is 3. The van der Waals surface area contributed by atoms with Gasteiger partial charge in [0.2, 0.25) is 0 Å². The Hall–Kier alpha value is -1.12. The first-order chi connectivity index (χ1) is 7.92. The topological polar surface area (TPSA) is 12.0 Å². The van der Waals surface area contributed by atoms with Gasteiger partial charge in [-0.1, -0.05) is 30.4 Å². The molecular weight excluding hydrogens is 214 g/mol. The highest BCUT2D eigenvalue weighted by atomic mass is 32.1. The van der Waals surface area contributed by atoms with Crippen LogP contribution in [-0.4, -0.2) is 6.04 Å². The summed E-state index contributed by atoms with van der Waals surface area (Å²) in [5, 5.41) is 4.98. The summed E-state index contributed by atoms with van der Waals surface area (Å²) in [5.41, 5.74) is 0. The molecule has 0 atom stereocenters. The third-order valence-electron chi connectivity index (χ3n) is 3.05. The number of hydrogen-bond acceptors (Lipinski definition) is 2. The molecule has 16 heavy (non-hydrogen) atoms. The first kappa shape index (κ1) is 10.1. The van der Waals surface area contributed by atoms with Gasteiger partial charge in [0.15, 0.2) is 0 Å². The fourth-order valence-corrected chi connectivity index (χ4v) is 3.17. The van der Waals surface area contributed by atoms with Crippen molar-refractivity contribution in [3.63, 3.8) is 0 Å². The molecular formula is C14H15NS. The molecule has 0 aliphatic heterocycles. The highest BCUT2D eigenvalue weighted by Gasteiger charge is 2.09. The molecule has 0 spiro atoms. The Morgan fingerprint density at radius 1 is 1.19 bits per heavy atom. The first-order valence-electron chi connectivity index (χ1n) is 5.78. The van der Waals surface area contributed by atoms with Crippen LogP contribution in [0.1, 0.15) is 17.7 Å². The van der Waals surface area contributed by atoms with Gasteiger partial charge in [0.1, 0.15) is 0 Å². The van der Waals surface area contributed by atoms with Crippen molar-refractivity contribution < 1.29 is 0 Å². The SMILES string of the molecule is C1=CCC(NCc2cc3ccccc3s2)C1. The molecule has 0 fully saturated rings. The molecule has 0 unspecified atom stereocenters. The Kier molecular flexibility index (Phi) is 2.77. The largest absolute Gasteiger partial charge is 0.308 e. The molecule has 0 amide bonds.